The summed E-state index contributed by atoms with van der Waals surface area (Å²) in [5.74, 6) is 2.08. The van der Waals surface area contributed by atoms with E-state index in [9.17, 15) is 9.90 Å². The number of ether oxygens (including phenoxy) is 3. The van der Waals surface area contributed by atoms with E-state index in [1.165, 1.54) is 0 Å². The first-order valence-electron chi connectivity index (χ1n) is 16.9. The number of carbonyl (C=O) groups excluding carboxylic acids is 1. The van der Waals surface area contributed by atoms with Gasteiger partial charge >= 0.3 is 6.03 Å². The topological polar surface area (TPSA) is 133 Å². The molecule has 52 heavy (non-hydrogen) atoms. The minimum Gasteiger partial charge on any atom is -0.457 e. The second-order valence-electron chi connectivity index (χ2n) is 12.3. The fourth-order valence-corrected chi connectivity index (χ4v) is 6.72. The maximum absolute atomic E-state index is 12.7. The second-order valence-corrected chi connectivity index (χ2v) is 13.3. The van der Waals surface area contributed by atoms with E-state index in [0.717, 1.165) is 39.1 Å². The van der Waals surface area contributed by atoms with E-state index in [2.05, 4.69) is 44.4 Å². The molecule has 5 aromatic carbocycles. The standard InChI is InChI=1S/C40H38N6O5S/c1-46-40(43-44-45-46)52-26-36-23-37(29-15-13-27(25-47)14-16-29)51-38(50-36)32-10-6-9-31(22-32)30-8-5-7-28(21-30)24-41-39(48)42-33-17-19-35(20-18-33)49-34-11-3-2-4-12-34/h2-22,36-38,47H,23-26H2,1H3,(H2,41,42,48)/t36-,37+,38+/m1/s1. The van der Waals surface area contributed by atoms with Gasteiger partial charge in [0, 0.05) is 37.0 Å². The highest BCUT2D eigenvalue weighted by atomic mass is 32.2. The summed E-state index contributed by atoms with van der Waals surface area (Å²) in [5, 5.41) is 27.9. The number of aryl methyl sites for hydroxylation is 1. The molecule has 0 spiro atoms. The number of aromatic nitrogens is 4. The molecule has 3 atom stereocenters. The highest BCUT2D eigenvalue weighted by Crippen LogP contribution is 2.40. The molecule has 2 heterocycles. The van der Waals surface area contributed by atoms with Gasteiger partial charge in [-0.1, -0.05) is 90.6 Å². The molecule has 0 radical (unpaired) electrons. The summed E-state index contributed by atoms with van der Waals surface area (Å²) in [6.07, 6.45) is -0.289. The summed E-state index contributed by atoms with van der Waals surface area (Å²) < 4.78 is 20.6. The van der Waals surface area contributed by atoms with Crippen molar-refractivity contribution in [2.45, 2.75) is 43.2 Å². The maximum atomic E-state index is 12.7. The van der Waals surface area contributed by atoms with Crippen LogP contribution in [0.5, 0.6) is 11.5 Å². The lowest BCUT2D eigenvalue weighted by molar-refractivity contribution is -0.245. The summed E-state index contributed by atoms with van der Waals surface area (Å²) in [6.45, 7) is 0.334. The third-order valence-corrected chi connectivity index (χ3v) is 9.70. The Kier molecular flexibility index (Phi) is 11.2. The van der Waals surface area contributed by atoms with Gasteiger partial charge in [0.05, 0.1) is 18.8 Å². The number of hydrogen-bond donors (Lipinski definition) is 3. The van der Waals surface area contributed by atoms with Gasteiger partial charge in [-0.2, -0.15) is 0 Å². The number of amides is 2. The smallest absolute Gasteiger partial charge is 0.319 e. The number of nitrogens with zero attached hydrogens (tertiary/aromatic N) is 4. The molecular formula is C40H38N6O5S. The minimum absolute atomic E-state index is 0.0136. The number of aliphatic hydroxyl groups excluding tert-OH is 1. The van der Waals surface area contributed by atoms with Gasteiger partial charge in [0.15, 0.2) is 6.29 Å². The van der Waals surface area contributed by atoms with E-state index < -0.39 is 6.29 Å². The Morgan fingerprint density at radius 2 is 1.60 bits per heavy atom. The molecule has 0 aliphatic carbocycles. The van der Waals surface area contributed by atoms with Crippen molar-refractivity contribution < 1.29 is 24.1 Å². The Hall–Kier alpha value is -5.53. The Bertz CT molecular complexity index is 2080. The summed E-state index contributed by atoms with van der Waals surface area (Å²) in [6, 6.07) is 40.5. The third kappa shape index (κ3) is 9.03. The Morgan fingerprint density at radius 3 is 2.35 bits per heavy atom. The molecule has 2 amide bonds. The van der Waals surface area contributed by atoms with E-state index in [1.807, 2.05) is 104 Å². The molecule has 1 saturated heterocycles. The Labute approximate surface area is 305 Å². The lowest BCUT2D eigenvalue weighted by Crippen LogP contribution is -2.31. The lowest BCUT2D eigenvalue weighted by Gasteiger charge is -2.36. The summed E-state index contributed by atoms with van der Waals surface area (Å²) in [4.78, 5) is 12.7. The van der Waals surface area contributed by atoms with Gasteiger partial charge in [0.2, 0.25) is 5.16 Å². The van der Waals surface area contributed by atoms with Gasteiger partial charge in [-0.15, -0.1) is 5.10 Å². The predicted molar refractivity (Wildman–Crippen MR) is 199 cm³/mol. The molecule has 1 aliphatic heterocycles. The Balaban J connectivity index is 1.00. The van der Waals surface area contributed by atoms with Crippen molar-refractivity contribution in [3.05, 3.63) is 150 Å². The molecule has 12 heteroatoms. The van der Waals surface area contributed by atoms with E-state index in [1.54, 1.807) is 28.6 Å². The van der Waals surface area contributed by atoms with Crippen molar-refractivity contribution in [3.8, 4) is 22.6 Å². The van der Waals surface area contributed by atoms with E-state index in [4.69, 9.17) is 14.2 Å². The van der Waals surface area contributed by atoms with E-state index >= 15 is 0 Å². The molecule has 6 aromatic rings. The highest BCUT2D eigenvalue weighted by molar-refractivity contribution is 7.99. The summed E-state index contributed by atoms with van der Waals surface area (Å²) >= 11 is 1.54. The number of anilines is 1. The average molecular weight is 715 g/mol. The van der Waals surface area contributed by atoms with Crippen LogP contribution < -0.4 is 15.4 Å². The monoisotopic (exact) mass is 714 g/mol. The SMILES string of the molecule is Cn1nnnc1SC[C@H]1C[C@@H](c2ccc(CO)cc2)O[C@@H](c2cccc(-c3cccc(CNC(=O)Nc4ccc(Oc5ccccc5)cc4)c3)c2)O1. The van der Waals surface area contributed by atoms with Crippen molar-refractivity contribution in [2.75, 3.05) is 11.1 Å². The fourth-order valence-electron chi connectivity index (χ4n) is 5.85. The molecule has 11 nitrogen and oxygen atoms in total. The zero-order valence-electron chi connectivity index (χ0n) is 28.5. The number of nitrogens with one attached hydrogen (secondary N) is 2. The molecule has 264 valence electrons. The van der Waals surface area contributed by atoms with Gasteiger partial charge in [-0.25, -0.2) is 9.48 Å². The zero-order chi connectivity index (χ0) is 35.7. The van der Waals surface area contributed by atoms with Crippen molar-refractivity contribution >= 4 is 23.5 Å². The van der Waals surface area contributed by atoms with Gasteiger partial charge in [-0.3, -0.25) is 0 Å². The molecule has 1 aliphatic rings. The van der Waals surface area contributed by atoms with Crippen LogP contribution in [-0.2, 0) is 29.7 Å². The number of tetrazole rings is 1. The fraction of sp³-hybridized carbons (Fsp3) is 0.200. The molecular weight excluding hydrogens is 677 g/mol. The number of urea groups is 1. The maximum Gasteiger partial charge on any atom is 0.319 e. The molecule has 0 saturated carbocycles. The first-order valence-corrected chi connectivity index (χ1v) is 17.9. The van der Waals surface area contributed by atoms with Crippen molar-refractivity contribution in [1.29, 1.82) is 0 Å². The number of hydrogen-bond acceptors (Lipinski definition) is 9. The number of thioether (sulfide) groups is 1. The molecule has 0 unspecified atom stereocenters. The van der Waals surface area contributed by atoms with E-state index in [-0.39, 0.29) is 24.8 Å². The van der Waals surface area contributed by atoms with Gasteiger partial charge in [0.1, 0.15) is 11.5 Å². The van der Waals surface area contributed by atoms with Crippen LogP contribution in [0, 0.1) is 0 Å². The van der Waals surface area contributed by atoms with Gasteiger partial charge in [0.25, 0.3) is 0 Å². The van der Waals surface area contributed by atoms with Crippen LogP contribution in [0.3, 0.4) is 0 Å². The van der Waals surface area contributed by atoms with Crippen molar-refractivity contribution in [2.24, 2.45) is 7.05 Å². The normalized spacial score (nSPS) is 17.0. The number of carbonyl (C=O) groups is 1. The van der Waals surface area contributed by atoms with Gasteiger partial charge in [-0.05, 0) is 86.8 Å². The van der Waals surface area contributed by atoms with Crippen molar-refractivity contribution in [3.63, 3.8) is 0 Å². The average Bonchev–Trinajstić information content (AvgIpc) is 3.61. The summed E-state index contributed by atoms with van der Waals surface area (Å²) in [5.41, 5.74) is 6.38. The highest BCUT2D eigenvalue weighted by Gasteiger charge is 2.32. The van der Waals surface area contributed by atoms with Crippen LogP contribution in [0.15, 0.2) is 133 Å². The zero-order valence-corrected chi connectivity index (χ0v) is 29.3. The molecule has 7 rings (SSSR count). The lowest BCUT2D eigenvalue weighted by atomic mass is 9.99. The number of para-hydroxylation sites is 1. The third-order valence-electron chi connectivity index (χ3n) is 8.56. The van der Waals surface area contributed by atoms with Crippen LogP contribution >= 0.6 is 11.8 Å². The van der Waals surface area contributed by atoms with E-state index in [0.29, 0.717) is 35.3 Å². The number of rotatable bonds is 12. The number of aliphatic hydroxyl groups is 1. The molecule has 3 N–H and O–H groups in total. The summed E-state index contributed by atoms with van der Waals surface area (Å²) in [7, 11) is 1.82. The molecule has 1 fully saturated rings. The van der Waals surface area contributed by atoms with Crippen LogP contribution in [0.4, 0.5) is 10.5 Å². The first-order chi connectivity index (χ1) is 25.5. The molecule has 0 bridgehead atoms. The van der Waals surface area contributed by atoms with Crippen LogP contribution in [0.2, 0.25) is 0 Å². The van der Waals surface area contributed by atoms with Crippen molar-refractivity contribution in [1.82, 2.24) is 25.5 Å². The largest absolute Gasteiger partial charge is 0.457 e. The van der Waals surface area contributed by atoms with Crippen LogP contribution in [0.25, 0.3) is 11.1 Å². The quantitative estimate of drug-likeness (QED) is 0.109. The van der Waals surface area contributed by atoms with Gasteiger partial charge < -0.3 is 30.0 Å². The first kappa shape index (κ1) is 34.9. The van der Waals surface area contributed by atoms with Crippen LogP contribution in [-0.4, -0.2) is 43.2 Å². The van der Waals surface area contributed by atoms with Crippen LogP contribution in [0.1, 0.15) is 41.1 Å². The second kappa shape index (κ2) is 16.7. The number of benzene rings is 5. The Morgan fingerprint density at radius 1 is 0.846 bits per heavy atom. The molecule has 1 aromatic heterocycles. The minimum atomic E-state index is -0.605. The predicted octanol–water partition coefficient (Wildman–Crippen LogP) is 7.82.